The number of aliphatic hydroxyl groups is 1. The largest absolute Gasteiger partial charge is 0.497 e. The third kappa shape index (κ3) is 3.63. The van der Waals surface area contributed by atoms with Crippen LogP contribution in [-0.2, 0) is 13.0 Å². The van der Waals surface area contributed by atoms with Crippen LogP contribution in [0.15, 0.2) is 42.5 Å². The highest BCUT2D eigenvalue weighted by atomic mass is 16.5. The Hall–Kier alpha value is -2.66. The third-order valence-electron chi connectivity index (χ3n) is 3.93. The van der Waals surface area contributed by atoms with E-state index in [4.69, 9.17) is 9.84 Å². The molecule has 0 atom stereocenters. The molecule has 0 fully saturated rings. The zero-order valence-electron chi connectivity index (χ0n) is 13.9. The maximum Gasteiger partial charge on any atom is 0.137 e. The zero-order valence-corrected chi connectivity index (χ0v) is 13.9. The summed E-state index contributed by atoms with van der Waals surface area (Å²) < 4.78 is 5.30. The monoisotopic (exact) mass is 323 g/mol. The molecule has 124 valence electrons. The second-order valence-corrected chi connectivity index (χ2v) is 5.65. The highest BCUT2D eigenvalue weighted by molar-refractivity contribution is 5.90. The summed E-state index contributed by atoms with van der Waals surface area (Å²) >= 11 is 0. The Labute approximate surface area is 141 Å². The molecule has 2 aromatic carbocycles. The summed E-state index contributed by atoms with van der Waals surface area (Å²) in [4.78, 5) is 8.99. The number of benzene rings is 2. The number of hydrogen-bond acceptors (Lipinski definition) is 5. The van der Waals surface area contributed by atoms with Gasteiger partial charge in [-0.1, -0.05) is 24.3 Å². The van der Waals surface area contributed by atoms with Crippen molar-refractivity contribution in [1.82, 2.24) is 9.97 Å². The van der Waals surface area contributed by atoms with E-state index in [1.807, 2.05) is 49.4 Å². The first-order chi connectivity index (χ1) is 11.7. The van der Waals surface area contributed by atoms with Gasteiger partial charge in [-0.3, -0.25) is 0 Å². The number of hydrogen-bond donors (Lipinski definition) is 2. The van der Waals surface area contributed by atoms with Crippen molar-refractivity contribution >= 4 is 16.7 Å². The van der Waals surface area contributed by atoms with E-state index in [1.54, 1.807) is 7.11 Å². The van der Waals surface area contributed by atoms with Crippen molar-refractivity contribution in [3.63, 3.8) is 0 Å². The van der Waals surface area contributed by atoms with Gasteiger partial charge in [0.1, 0.15) is 17.4 Å². The van der Waals surface area contributed by atoms with Crippen LogP contribution in [0, 0.1) is 6.92 Å². The van der Waals surface area contributed by atoms with E-state index in [9.17, 15) is 0 Å². The molecule has 0 amide bonds. The molecule has 0 unspecified atom stereocenters. The molecule has 2 N–H and O–H groups in total. The molecule has 3 aromatic rings. The maximum atomic E-state index is 9.09. The first-order valence-electron chi connectivity index (χ1n) is 7.94. The van der Waals surface area contributed by atoms with Crippen molar-refractivity contribution in [1.29, 1.82) is 0 Å². The summed E-state index contributed by atoms with van der Waals surface area (Å²) in [5, 5.41) is 13.4. The number of anilines is 1. The number of aliphatic hydroxyl groups excluding tert-OH is 1. The third-order valence-corrected chi connectivity index (χ3v) is 3.93. The topological polar surface area (TPSA) is 67.3 Å². The van der Waals surface area contributed by atoms with Crippen LogP contribution in [0.1, 0.15) is 17.0 Å². The molecule has 3 rings (SSSR count). The van der Waals surface area contributed by atoms with Gasteiger partial charge in [-0.2, -0.15) is 0 Å². The van der Waals surface area contributed by atoms with Gasteiger partial charge in [0.25, 0.3) is 0 Å². The molecule has 0 saturated heterocycles. The molecular formula is C19H21N3O2. The second-order valence-electron chi connectivity index (χ2n) is 5.65. The molecule has 0 aliphatic carbocycles. The number of nitrogens with one attached hydrogen (secondary N) is 1. The predicted molar refractivity (Wildman–Crippen MR) is 95.4 cm³/mol. The molecule has 0 radical (unpaired) electrons. The van der Waals surface area contributed by atoms with Gasteiger partial charge in [-0.15, -0.1) is 0 Å². The number of fused-ring (bicyclic) bond motifs is 1. The molecular weight excluding hydrogens is 302 g/mol. The number of aromatic nitrogens is 2. The van der Waals surface area contributed by atoms with E-state index in [0.717, 1.165) is 46.8 Å². The maximum absolute atomic E-state index is 9.09. The van der Waals surface area contributed by atoms with E-state index in [0.29, 0.717) is 0 Å². The Bertz CT molecular complexity index is 832. The Balaban J connectivity index is 1.76. The SMILES string of the molecule is COc1ccc2nc(C)nc(NCCc3ccc(CO)cc3)c2c1. The minimum absolute atomic E-state index is 0.0760. The summed E-state index contributed by atoms with van der Waals surface area (Å²) in [7, 11) is 1.65. The molecule has 5 heteroatoms. The van der Waals surface area contributed by atoms with E-state index < -0.39 is 0 Å². The van der Waals surface area contributed by atoms with Crippen molar-refractivity contribution in [3.8, 4) is 5.75 Å². The summed E-state index contributed by atoms with van der Waals surface area (Å²) in [6.07, 6.45) is 0.875. The molecule has 1 heterocycles. The lowest BCUT2D eigenvalue weighted by molar-refractivity contribution is 0.282. The number of methoxy groups -OCH3 is 1. The minimum atomic E-state index is 0.0760. The van der Waals surface area contributed by atoms with Crippen LogP contribution >= 0.6 is 0 Å². The van der Waals surface area contributed by atoms with Gasteiger partial charge in [0, 0.05) is 11.9 Å². The average molecular weight is 323 g/mol. The molecule has 0 saturated carbocycles. The second kappa shape index (κ2) is 7.27. The van der Waals surface area contributed by atoms with Crippen LogP contribution < -0.4 is 10.1 Å². The van der Waals surface area contributed by atoms with E-state index >= 15 is 0 Å². The van der Waals surface area contributed by atoms with Crippen LogP contribution in [-0.4, -0.2) is 28.7 Å². The summed E-state index contributed by atoms with van der Waals surface area (Å²) in [5.41, 5.74) is 3.04. The van der Waals surface area contributed by atoms with Gasteiger partial charge in [-0.05, 0) is 42.7 Å². The number of ether oxygens (including phenoxy) is 1. The Kier molecular flexibility index (Phi) is 4.91. The summed E-state index contributed by atoms with van der Waals surface area (Å²) in [6, 6.07) is 13.8. The fraction of sp³-hybridized carbons (Fsp3) is 0.263. The molecule has 5 nitrogen and oxygen atoms in total. The van der Waals surface area contributed by atoms with Crippen LogP contribution in [0.2, 0.25) is 0 Å². The van der Waals surface area contributed by atoms with Gasteiger partial charge < -0.3 is 15.2 Å². The summed E-state index contributed by atoms with van der Waals surface area (Å²) in [6.45, 7) is 2.73. The van der Waals surface area contributed by atoms with Gasteiger partial charge in [0.2, 0.25) is 0 Å². The fourth-order valence-electron chi connectivity index (χ4n) is 2.62. The zero-order chi connectivity index (χ0) is 16.9. The number of rotatable bonds is 6. The van der Waals surface area contributed by atoms with Gasteiger partial charge >= 0.3 is 0 Å². The molecule has 0 spiro atoms. The smallest absolute Gasteiger partial charge is 0.137 e. The molecule has 0 aliphatic heterocycles. The lowest BCUT2D eigenvalue weighted by Gasteiger charge is -2.11. The van der Waals surface area contributed by atoms with E-state index in [-0.39, 0.29) is 6.61 Å². The Morgan fingerprint density at radius 2 is 1.79 bits per heavy atom. The van der Waals surface area contributed by atoms with Crippen molar-refractivity contribution in [2.75, 3.05) is 19.0 Å². The first-order valence-corrected chi connectivity index (χ1v) is 7.94. The highest BCUT2D eigenvalue weighted by Gasteiger charge is 2.07. The Morgan fingerprint density at radius 1 is 1.04 bits per heavy atom. The minimum Gasteiger partial charge on any atom is -0.497 e. The quantitative estimate of drug-likeness (QED) is 0.729. The van der Waals surface area contributed by atoms with Gasteiger partial charge in [-0.25, -0.2) is 9.97 Å². The van der Waals surface area contributed by atoms with E-state index in [1.165, 1.54) is 5.56 Å². The van der Waals surface area contributed by atoms with E-state index in [2.05, 4.69) is 15.3 Å². The van der Waals surface area contributed by atoms with Crippen LogP contribution in [0.5, 0.6) is 5.75 Å². The Morgan fingerprint density at radius 3 is 2.50 bits per heavy atom. The van der Waals surface area contributed by atoms with Crippen molar-refractivity contribution in [3.05, 3.63) is 59.4 Å². The van der Waals surface area contributed by atoms with Crippen LogP contribution in [0.4, 0.5) is 5.82 Å². The lowest BCUT2D eigenvalue weighted by atomic mass is 10.1. The molecule has 1 aromatic heterocycles. The van der Waals surface area contributed by atoms with Crippen molar-refractivity contribution < 1.29 is 9.84 Å². The van der Waals surface area contributed by atoms with Crippen molar-refractivity contribution in [2.24, 2.45) is 0 Å². The lowest BCUT2D eigenvalue weighted by Crippen LogP contribution is -2.08. The van der Waals surface area contributed by atoms with Gasteiger partial charge in [0.05, 0.1) is 19.2 Å². The van der Waals surface area contributed by atoms with Gasteiger partial charge in [0.15, 0.2) is 0 Å². The molecule has 24 heavy (non-hydrogen) atoms. The predicted octanol–water partition coefficient (Wildman–Crippen LogP) is 3.09. The molecule has 0 aliphatic rings. The standard InChI is InChI=1S/C19H21N3O2/c1-13-21-18-8-7-16(24-2)11-17(18)19(22-13)20-10-9-14-3-5-15(12-23)6-4-14/h3-8,11,23H,9-10,12H2,1-2H3,(H,20,21,22). The summed E-state index contributed by atoms with van der Waals surface area (Å²) in [5.74, 6) is 2.35. The average Bonchev–Trinajstić information content (AvgIpc) is 2.62. The highest BCUT2D eigenvalue weighted by Crippen LogP contribution is 2.25. The normalized spacial score (nSPS) is 10.8. The van der Waals surface area contributed by atoms with Crippen LogP contribution in [0.3, 0.4) is 0 Å². The van der Waals surface area contributed by atoms with Crippen molar-refractivity contribution in [2.45, 2.75) is 20.0 Å². The molecule has 0 bridgehead atoms. The fourth-order valence-corrected chi connectivity index (χ4v) is 2.62. The number of aryl methyl sites for hydroxylation is 1. The van der Waals surface area contributed by atoms with Crippen LogP contribution in [0.25, 0.3) is 10.9 Å². The number of nitrogens with zero attached hydrogens (tertiary/aromatic N) is 2. The first kappa shape index (κ1) is 16.2.